The minimum atomic E-state index is -0.180. The van der Waals surface area contributed by atoms with Crippen LogP contribution in [-0.4, -0.2) is 6.04 Å². The maximum Gasteiger partial charge on any atom is 0.143 e. The molecule has 0 saturated carbocycles. The first-order valence-corrected chi connectivity index (χ1v) is 17.7. The summed E-state index contributed by atoms with van der Waals surface area (Å²) >= 11 is 0. The van der Waals surface area contributed by atoms with Gasteiger partial charge >= 0.3 is 0 Å². The molecule has 0 bridgehead atoms. The molecule has 0 amide bonds. The third kappa shape index (κ3) is 4.29. The van der Waals surface area contributed by atoms with Crippen molar-refractivity contribution in [1.82, 2.24) is 10.6 Å². The van der Waals surface area contributed by atoms with Gasteiger partial charge in [0.1, 0.15) is 17.3 Å². The molecule has 8 aromatic carbocycles. The standard InChI is InChI=1S/C48H32N2O/c1-2-13-30(14-3-1)45-39-20-10-11-21-43(39)49-48(50-45)41-27-26-32(44-40-25-22-29-12-4-5-15-33(29)46(40)51-47(41)44)31-23-24-38-36-18-7-6-16-34(36)35-17-8-9-19-37(35)42(38)28-31/h1-28,43,48-50H. The Balaban J connectivity index is 1.17. The zero-order valence-electron chi connectivity index (χ0n) is 27.7. The molecule has 0 fully saturated rings. The average molecular weight is 653 g/mol. The largest absolute Gasteiger partial charge is 0.455 e. The van der Waals surface area contributed by atoms with Crippen molar-refractivity contribution in [2.24, 2.45) is 0 Å². The quantitative estimate of drug-likeness (QED) is 0.187. The molecule has 51 heavy (non-hydrogen) atoms. The number of nitrogens with one attached hydrogen (secondary N) is 2. The molecule has 3 heteroatoms. The summed E-state index contributed by atoms with van der Waals surface area (Å²) in [6, 6.07) is 52.8. The molecule has 9 aromatic rings. The lowest BCUT2D eigenvalue weighted by molar-refractivity contribution is 0.458. The van der Waals surface area contributed by atoms with Crippen molar-refractivity contribution in [2.45, 2.75) is 12.2 Å². The van der Waals surface area contributed by atoms with E-state index >= 15 is 0 Å². The molecule has 2 aliphatic rings. The number of rotatable bonds is 3. The maximum atomic E-state index is 7.08. The predicted molar refractivity (Wildman–Crippen MR) is 214 cm³/mol. The first-order chi connectivity index (χ1) is 25.3. The summed E-state index contributed by atoms with van der Waals surface area (Å²) in [5, 5.41) is 20.0. The number of furan rings is 1. The second-order valence-corrected chi connectivity index (χ2v) is 13.7. The normalized spacial score (nSPS) is 17.3. The molecule has 11 rings (SSSR count). The van der Waals surface area contributed by atoms with E-state index in [1.807, 2.05) is 0 Å². The van der Waals surface area contributed by atoms with Crippen LogP contribution < -0.4 is 10.6 Å². The molecule has 1 aliphatic heterocycles. The molecule has 3 nitrogen and oxygen atoms in total. The van der Waals surface area contributed by atoms with Crippen molar-refractivity contribution < 1.29 is 4.42 Å². The van der Waals surface area contributed by atoms with Gasteiger partial charge in [-0.3, -0.25) is 5.32 Å². The Kier molecular flexibility index (Phi) is 6.16. The summed E-state index contributed by atoms with van der Waals surface area (Å²) in [7, 11) is 0. The molecule has 1 aliphatic carbocycles. The van der Waals surface area contributed by atoms with Gasteiger partial charge in [-0.2, -0.15) is 0 Å². The van der Waals surface area contributed by atoms with Gasteiger partial charge in [0.05, 0.1) is 6.04 Å². The van der Waals surface area contributed by atoms with Gasteiger partial charge in [-0.15, -0.1) is 0 Å². The molecule has 2 atom stereocenters. The zero-order chi connectivity index (χ0) is 33.5. The van der Waals surface area contributed by atoms with Gasteiger partial charge in [0.25, 0.3) is 0 Å². The summed E-state index contributed by atoms with van der Waals surface area (Å²) in [6.07, 6.45) is 8.52. The van der Waals surface area contributed by atoms with Crippen molar-refractivity contribution in [3.05, 3.63) is 187 Å². The Hall–Kier alpha value is -6.42. The summed E-state index contributed by atoms with van der Waals surface area (Å²) in [5.74, 6) is 0. The summed E-state index contributed by atoms with van der Waals surface area (Å²) < 4.78 is 7.08. The first kappa shape index (κ1) is 28.4. The van der Waals surface area contributed by atoms with Crippen LogP contribution in [0.5, 0.6) is 0 Å². The smallest absolute Gasteiger partial charge is 0.143 e. The van der Waals surface area contributed by atoms with E-state index in [0.29, 0.717) is 0 Å². The van der Waals surface area contributed by atoms with E-state index in [4.69, 9.17) is 4.42 Å². The van der Waals surface area contributed by atoms with Crippen LogP contribution in [0.25, 0.3) is 81.9 Å². The van der Waals surface area contributed by atoms with Gasteiger partial charge in [0.2, 0.25) is 0 Å². The fraction of sp³-hybridized carbons (Fsp3) is 0.0417. The van der Waals surface area contributed by atoms with Crippen LogP contribution in [-0.2, 0) is 0 Å². The van der Waals surface area contributed by atoms with Crippen LogP contribution in [0.1, 0.15) is 17.3 Å². The van der Waals surface area contributed by atoms with Crippen LogP contribution in [0.4, 0.5) is 0 Å². The van der Waals surface area contributed by atoms with E-state index in [2.05, 4.69) is 181 Å². The van der Waals surface area contributed by atoms with Crippen LogP contribution in [0.15, 0.2) is 180 Å². The van der Waals surface area contributed by atoms with Crippen LogP contribution >= 0.6 is 0 Å². The fourth-order valence-electron chi connectivity index (χ4n) is 8.57. The summed E-state index contributed by atoms with van der Waals surface area (Å²) in [4.78, 5) is 0. The van der Waals surface area contributed by atoms with Crippen LogP contribution in [0.2, 0.25) is 0 Å². The van der Waals surface area contributed by atoms with Gasteiger partial charge in [-0.05, 0) is 72.1 Å². The third-order valence-corrected chi connectivity index (χ3v) is 10.9. The van der Waals surface area contributed by atoms with Crippen molar-refractivity contribution >= 4 is 70.7 Å². The van der Waals surface area contributed by atoms with Crippen molar-refractivity contribution in [1.29, 1.82) is 0 Å². The number of allylic oxidation sites excluding steroid dienone is 2. The SMILES string of the molecule is C1=CC2=C(c3ccccc3)NC(c3ccc(-c4ccc5c6ccccc6c6ccccc6c5c4)c4c3oc3c5ccccc5ccc34)NC2C=C1. The molecular formula is C48H32N2O. The third-order valence-electron chi connectivity index (χ3n) is 10.9. The van der Waals surface area contributed by atoms with Crippen LogP contribution in [0.3, 0.4) is 0 Å². The molecule has 0 spiro atoms. The molecule has 2 heterocycles. The van der Waals surface area contributed by atoms with Gasteiger partial charge in [0.15, 0.2) is 0 Å². The van der Waals surface area contributed by atoms with Gasteiger partial charge in [-0.1, -0.05) is 158 Å². The molecule has 0 saturated heterocycles. The van der Waals surface area contributed by atoms with Gasteiger partial charge < -0.3 is 9.73 Å². The highest BCUT2D eigenvalue weighted by Gasteiger charge is 2.31. The maximum absolute atomic E-state index is 7.08. The highest BCUT2D eigenvalue weighted by Crippen LogP contribution is 2.45. The van der Waals surface area contributed by atoms with E-state index in [1.165, 1.54) is 54.4 Å². The lowest BCUT2D eigenvalue weighted by atomic mass is 9.89. The highest BCUT2D eigenvalue weighted by atomic mass is 16.3. The Labute approximate surface area is 294 Å². The first-order valence-electron chi connectivity index (χ1n) is 17.7. The number of hydrogen-bond acceptors (Lipinski definition) is 3. The highest BCUT2D eigenvalue weighted by molar-refractivity contribution is 6.26. The van der Waals surface area contributed by atoms with E-state index in [9.17, 15) is 0 Å². The summed E-state index contributed by atoms with van der Waals surface area (Å²) in [5.41, 5.74) is 8.79. The Morgan fingerprint density at radius 2 is 1.16 bits per heavy atom. The van der Waals surface area contributed by atoms with Gasteiger partial charge in [-0.25, -0.2) is 0 Å². The second kappa shape index (κ2) is 11.0. The summed E-state index contributed by atoms with van der Waals surface area (Å²) in [6.45, 7) is 0. The second-order valence-electron chi connectivity index (χ2n) is 13.7. The van der Waals surface area contributed by atoms with E-state index in [1.54, 1.807) is 0 Å². The number of benzene rings is 8. The van der Waals surface area contributed by atoms with E-state index in [0.717, 1.165) is 44.1 Å². The van der Waals surface area contributed by atoms with Crippen LogP contribution in [0, 0.1) is 0 Å². The molecule has 1 aromatic heterocycles. The number of hydrogen-bond donors (Lipinski definition) is 2. The molecular weight excluding hydrogens is 621 g/mol. The van der Waals surface area contributed by atoms with Crippen molar-refractivity contribution in [3.8, 4) is 11.1 Å². The molecule has 2 N–H and O–H groups in total. The number of fused-ring (bicyclic) bond motifs is 12. The average Bonchev–Trinajstić information content (AvgIpc) is 3.61. The van der Waals surface area contributed by atoms with Crippen molar-refractivity contribution in [3.63, 3.8) is 0 Å². The lowest BCUT2D eigenvalue weighted by Gasteiger charge is -2.36. The van der Waals surface area contributed by atoms with E-state index in [-0.39, 0.29) is 12.2 Å². The fourth-order valence-corrected chi connectivity index (χ4v) is 8.57. The Morgan fingerprint density at radius 1 is 0.490 bits per heavy atom. The topological polar surface area (TPSA) is 37.2 Å². The monoisotopic (exact) mass is 652 g/mol. The van der Waals surface area contributed by atoms with Crippen molar-refractivity contribution in [2.75, 3.05) is 0 Å². The zero-order valence-corrected chi connectivity index (χ0v) is 27.7. The Morgan fingerprint density at radius 3 is 1.94 bits per heavy atom. The predicted octanol–water partition coefficient (Wildman–Crippen LogP) is 12.0. The minimum absolute atomic E-state index is 0.0694. The molecule has 240 valence electrons. The van der Waals surface area contributed by atoms with E-state index < -0.39 is 0 Å². The Bertz CT molecular complexity index is 2950. The molecule has 2 unspecified atom stereocenters. The van der Waals surface area contributed by atoms with Gasteiger partial charge in [0, 0.05) is 27.4 Å². The molecule has 0 radical (unpaired) electrons. The minimum Gasteiger partial charge on any atom is -0.455 e. The lowest BCUT2D eigenvalue weighted by Crippen LogP contribution is -2.45.